The predicted molar refractivity (Wildman–Crippen MR) is 82.2 cm³/mol. The van der Waals surface area contributed by atoms with E-state index in [4.69, 9.17) is 10.5 Å². The van der Waals surface area contributed by atoms with Gasteiger partial charge >= 0.3 is 5.97 Å². The Morgan fingerprint density at radius 2 is 2.19 bits per heavy atom. The summed E-state index contributed by atoms with van der Waals surface area (Å²) in [5.74, 6) is 0.000983. The second-order valence-electron chi connectivity index (χ2n) is 4.50. The van der Waals surface area contributed by atoms with Gasteiger partial charge in [-0.2, -0.15) is 5.10 Å². The predicted octanol–water partition coefficient (Wildman–Crippen LogP) is 2.44. The number of halogens is 1. The summed E-state index contributed by atoms with van der Waals surface area (Å²) in [5.41, 5.74) is 8.48. The van der Waals surface area contributed by atoms with Gasteiger partial charge in [0.15, 0.2) is 0 Å². The third-order valence-corrected chi connectivity index (χ3v) is 4.09. The van der Waals surface area contributed by atoms with Crippen LogP contribution in [0.25, 0.3) is 0 Å². The van der Waals surface area contributed by atoms with E-state index in [1.54, 1.807) is 22.9 Å². The number of hydrogen-bond donors (Lipinski definition) is 1. The average Bonchev–Trinajstić information content (AvgIpc) is 2.71. The first-order valence-electron chi connectivity index (χ1n) is 6.22. The highest BCUT2D eigenvalue weighted by molar-refractivity contribution is 9.10. The molecule has 2 aromatic rings. The molecule has 0 unspecified atom stereocenters. The fourth-order valence-electron chi connectivity index (χ4n) is 1.89. The first-order chi connectivity index (χ1) is 9.93. The topological polar surface area (TPSA) is 79.4 Å². The van der Waals surface area contributed by atoms with Crippen molar-refractivity contribution < 1.29 is 14.3 Å². The summed E-state index contributed by atoms with van der Waals surface area (Å²) in [6.45, 7) is 2.19. The average molecular weight is 354 g/mol. The van der Waals surface area contributed by atoms with Crippen LogP contribution in [0, 0.1) is 6.92 Å². The summed E-state index contributed by atoms with van der Waals surface area (Å²) < 4.78 is 13.0. The molecule has 0 aliphatic rings. The van der Waals surface area contributed by atoms with Crippen LogP contribution in [0.5, 0.6) is 5.75 Å². The molecule has 7 heteroatoms. The van der Waals surface area contributed by atoms with E-state index in [0.717, 1.165) is 15.9 Å². The zero-order chi connectivity index (χ0) is 15.6. The molecule has 21 heavy (non-hydrogen) atoms. The number of rotatable bonds is 4. The standard InChI is InChI=1S/C14H16BrN3O3/c1-8-13(15)11(18(2)17-8)7-21-12-6-9(14(19)20-3)4-5-10(12)16/h4-6H,7,16H2,1-3H3. The number of nitrogens with zero attached hydrogens (tertiary/aromatic N) is 2. The number of aryl methyl sites for hydroxylation is 2. The highest BCUT2D eigenvalue weighted by Gasteiger charge is 2.13. The second-order valence-corrected chi connectivity index (χ2v) is 5.30. The SMILES string of the molecule is COC(=O)c1ccc(N)c(OCc2c(Br)c(C)nn2C)c1. The summed E-state index contributed by atoms with van der Waals surface area (Å²) in [5, 5.41) is 4.29. The molecule has 112 valence electrons. The summed E-state index contributed by atoms with van der Waals surface area (Å²) in [6, 6.07) is 4.78. The minimum atomic E-state index is -0.433. The third kappa shape index (κ3) is 3.18. The van der Waals surface area contributed by atoms with E-state index in [1.807, 2.05) is 14.0 Å². The van der Waals surface area contributed by atoms with Crippen LogP contribution in [0.1, 0.15) is 21.7 Å². The van der Waals surface area contributed by atoms with Crippen LogP contribution in [-0.4, -0.2) is 22.9 Å². The zero-order valence-electron chi connectivity index (χ0n) is 12.0. The van der Waals surface area contributed by atoms with Crippen LogP contribution in [0.2, 0.25) is 0 Å². The molecule has 1 aromatic carbocycles. The highest BCUT2D eigenvalue weighted by Crippen LogP contribution is 2.26. The van der Waals surface area contributed by atoms with Gasteiger partial charge in [-0.1, -0.05) is 0 Å². The Balaban J connectivity index is 2.21. The van der Waals surface area contributed by atoms with E-state index < -0.39 is 5.97 Å². The molecular formula is C14H16BrN3O3. The molecule has 0 amide bonds. The van der Waals surface area contributed by atoms with Crippen molar-refractivity contribution >= 4 is 27.6 Å². The van der Waals surface area contributed by atoms with Crippen LogP contribution in [-0.2, 0) is 18.4 Å². The Hall–Kier alpha value is -2.02. The fourth-order valence-corrected chi connectivity index (χ4v) is 2.34. The Morgan fingerprint density at radius 3 is 2.76 bits per heavy atom. The normalized spacial score (nSPS) is 10.5. The van der Waals surface area contributed by atoms with E-state index in [9.17, 15) is 4.79 Å². The number of carbonyl (C=O) groups is 1. The molecule has 0 aliphatic carbocycles. The van der Waals surface area contributed by atoms with Crippen LogP contribution in [0.4, 0.5) is 5.69 Å². The van der Waals surface area contributed by atoms with Gasteiger partial charge < -0.3 is 15.2 Å². The molecule has 1 heterocycles. The molecule has 2 N–H and O–H groups in total. The minimum absolute atomic E-state index is 0.284. The van der Waals surface area contributed by atoms with Crippen molar-refractivity contribution in [3.8, 4) is 5.75 Å². The number of carbonyl (C=O) groups excluding carboxylic acids is 1. The minimum Gasteiger partial charge on any atom is -0.485 e. The molecule has 0 saturated carbocycles. The lowest BCUT2D eigenvalue weighted by Gasteiger charge is -2.10. The number of ether oxygens (including phenoxy) is 2. The molecule has 0 atom stereocenters. The molecule has 2 rings (SSSR count). The Bertz CT molecular complexity index is 682. The monoisotopic (exact) mass is 353 g/mol. The van der Waals surface area contributed by atoms with Crippen molar-refractivity contribution in [2.75, 3.05) is 12.8 Å². The first kappa shape index (κ1) is 15.4. The number of nitrogens with two attached hydrogens (primary N) is 1. The Morgan fingerprint density at radius 1 is 1.48 bits per heavy atom. The van der Waals surface area contributed by atoms with Crippen molar-refractivity contribution in [3.05, 3.63) is 39.6 Å². The number of esters is 1. The van der Waals surface area contributed by atoms with E-state index in [0.29, 0.717) is 17.0 Å². The number of aromatic nitrogens is 2. The Kier molecular flexibility index (Phi) is 4.52. The Labute approximate surface area is 131 Å². The van der Waals surface area contributed by atoms with Gasteiger partial charge in [-0.3, -0.25) is 4.68 Å². The first-order valence-corrected chi connectivity index (χ1v) is 7.02. The maximum Gasteiger partial charge on any atom is 0.337 e. The van der Waals surface area contributed by atoms with Crippen molar-refractivity contribution in [3.63, 3.8) is 0 Å². The van der Waals surface area contributed by atoms with E-state index in [-0.39, 0.29) is 6.61 Å². The van der Waals surface area contributed by atoms with Crippen LogP contribution in [0.3, 0.4) is 0 Å². The summed E-state index contributed by atoms with van der Waals surface area (Å²) in [4.78, 5) is 11.5. The van der Waals surface area contributed by atoms with Crippen LogP contribution in [0.15, 0.2) is 22.7 Å². The van der Waals surface area contributed by atoms with Gasteiger partial charge in [0.1, 0.15) is 12.4 Å². The van der Waals surface area contributed by atoms with E-state index in [1.165, 1.54) is 7.11 Å². The van der Waals surface area contributed by atoms with Gasteiger partial charge in [0.25, 0.3) is 0 Å². The van der Waals surface area contributed by atoms with Crippen molar-refractivity contribution in [2.45, 2.75) is 13.5 Å². The summed E-state index contributed by atoms with van der Waals surface area (Å²) >= 11 is 3.47. The smallest absolute Gasteiger partial charge is 0.337 e. The lowest BCUT2D eigenvalue weighted by atomic mass is 10.2. The molecular weight excluding hydrogens is 338 g/mol. The maximum atomic E-state index is 11.5. The molecule has 0 bridgehead atoms. The number of hydrogen-bond acceptors (Lipinski definition) is 5. The fraction of sp³-hybridized carbons (Fsp3) is 0.286. The lowest BCUT2D eigenvalue weighted by molar-refractivity contribution is 0.0600. The highest BCUT2D eigenvalue weighted by atomic mass is 79.9. The van der Waals surface area contributed by atoms with Gasteiger partial charge in [-0.25, -0.2) is 4.79 Å². The molecule has 0 aliphatic heterocycles. The number of anilines is 1. The molecule has 6 nitrogen and oxygen atoms in total. The molecule has 0 spiro atoms. The van der Waals surface area contributed by atoms with Crippen molar-refractivity contribution in [1.82, 2.24) is 9.78 Å². The molecule has 1 aromatic heterocycles. The largest absolute Gasteiger partial charge is 0.485 e. The summed E-state index contributed by atoms with van der Waals surface area (Å²) in [7, 11) is 3.17. The van der Waals surface area contributed by atoms with Gasteiger partial charge in [-0.15, -0.1) is 0 Å². The van der Waals surface area contributed by atoms with Gasteiger partial charge in [-0.05, 0) is 41.1 Å². The second kappa shape index (κ2) is 6.17. The van der Waals surface area contributed by atoms with Crippen molar-refractivity contribution in [1.29, 1.82) is 0 Å². The van der Waals surface area contributed by atoms with Crippen LogP contribution < -0.4 is 10.5 Å². The van der Waals surface area contributed by atoms with Gasteiger partial charge in [0.05, 0.1) is 34.2 Å². The van der Waals surface area contributed by atoms with Gasteiger partial charge in [0, 0.05) is 7.05 Å². The molecule has 0 saturated heterocycles. The summed E-state index contributed by atoms with van der Waals surface area (Å²) in [6.07, 6.45) is 0. The number of methoxy groups -OCH3 is 1. The lowest BCUT2D eigenvalue weighted by Crippen LogP contribution is -2.07. The quantitative estimate of drug-likeness (QED) is 0.674. The van der Waals surface area contributed by atoms with Crippen LogP contribution >= 0.6 is 15.9 Å². The molecule has 0 radical (unpaired) electrons. The van der Waals surface area contributed by atoms with Crippen molar-refractivity contribution in [2.24, 2.45) is 7.05 Å². The van der Waals surface area contributed by atoms with E-state index in [2.05, 4.69) is 25.8 Å². The molecule has 0 fully saturated rings. The van der Waals surface area contributed by atoms with Gasteiger partial charge in [0.2, 0.25) is 0 Å². The zero-order valence-corrected chi connectivity index (χ0v) is 13.6. The third-order valence-electron chi connectivity index (χ3n) is 3.06. The van der Waals surface area contributed by atoms with E-state index >= 15 is 0 Å². The maximum absolute atomic E-state index is 11.5. The number of benzene rings is 1. The number of nitrogen functional groups attached to an aromatic ring is 1.